The van der Waals surface area contributed by atoms with E-state index in [2.05, 4.69) is 37.2 Å². The van der Waals surface area contributed by atoms with Crippen LogP contribution in [0.15, 0.2) is 0 Å². The van der Waals surface area contributed by atoms with Crippen LogP contribution in [0.2, 0.25) is 0 Å². The quantitative estimate of drug-likeness (QED) is 0.0257. The molecule has 0 aromatic carbocycles. The predicted octanol–water partition coefficient (Wildman–Crippen LogP) is -4.78. The van der Waals surface area contributed by atoms with Gasteiger partial charge in [-0.05, 0) is 45.4 Å². The van der Waals surface area contributed by atoms with E-state index in [0.29, 0.717) is 6.61 Å². The van der Waals surface area contributed by atoms with E-state index in [1.807, 2.05) is 5.32 Å². The van der Waals surface area contributed by atoms with Crippen molar-refractivity contribution in [2.45, 2.75) is 133 Å². The Morgan fingerprint density at radius 2 is 0.606 bits per heavy atom. The normalized spacial score (nSPS) is 13.1. The van der Waals surface area contributed by atoms with Gasteiger partial charge in [0.2, 0.25) is 47.3 Å². The molecule has 398 valence electrons. The van der Waals surface area contributed by atoms with E-state index in [4.69, 9.17) is 14.9 Å². The fourth-order valence-electron chi connectivity index (χ4n) is 5.86. The Balaban J connectivity index is 6.69. The fraction of sp³-hybridized carbons (Fsp3) is 0.625. The van der Waals surface area contributed by atoms with Gasteiger partial charge in [0.15, 0.2) is 0 Å². The Kier molecular flexibility index (Phi) is 30.5. The molecule has 0 spiro atoms. The summed E-state index contributed by atoms with van der Waals surface area (Å²) in [6.07, 6.45) is -10.1. The smallest absolute Gasteiger partial charge is 0.322 e. The number of amides is 8. The molecule has 0 saturated heterocycles. The third kappa shape index (κ3) is 30.2. The first-order valence-electron chi connectivity index (χ1n) is 21.7. The van der Waals surface area contributed by atoms with Crippen molar-refractivity contribution in [1.29, 1.82) is 0 Å². The van der Waals surface area contributed by atoms with Gasteiger partial charge in [0, 0.05) is 64.5 Å². The first kappa shape index (κ1) is 63.0. The first-order chi connectivity index (χ1) is 33.2. The van der Waals surface area contributed by atoms with Crippen LogP contribution >= 0.6 is 0 Å². The second-order valence-corrected chi connectivity index (χ2v) is 15.2. The molecule has 0 bridgehead atoms. The summed E-state index contributed by atoms with van der Waals surface area (Å²) in [5.41, 5.74) is 0. The van der Waals surface area contributed by atoms with E-state index in [9.17, 15) is 97.5 Å². The van der Waals surface area contributed by atoms with E-state index >= 15 is 0 Å². The zero-order chi connectivity index (χ0) is 54.2. The molecule has 0 fully saturated rings. The van der Waals surface area contributed by atoms with Crippen LogP contribution in [0.25, 0.3) is 0 Å². The molecule has 0 radical (unpaired) electrons. The van der Waals surface area contributed by atoms with Gasteiger partial charge in [-0.15, -0.1) is 0 Å². The Morgan fingerprint density at radius 1 is 0.338 bits per heavy atom. The van der Waals surface area contributed by atoms with Gasteiger partial charge >= 0.3 is 41.8 Å². The lowest BCUT2D eigenvalue weighted by atomic mass is 10.0. The SMILES string of the molecule is CCOCCNC(=O)CCC(=O)NC(CCC(=O)O)C(=O)NC(CCC(=O)O)C(=O)NC(CCC(=O)O)C(=O)NC(CCC(=O)O)C(=O)NC(CCC(=O)O)C(=O)NC(CCC(=O)O)C(=O)NCC(=O)O. The van der Waals surface area contributed by atoms with Crippen molar-refractivity contribution in [3.63, 3.8) is 0 Å². The Hall–Kier alpha value is -7.99. The number of nitrogens with one attached hydrogen (secondary N) is 8. The highest BCUT2D eigenvalue weighted by Crippen LogP contribution is 2.10. The van der Waals surface area contributed by atoms with Crippen molar-refractivity contribution in [2.24, 2.45) is 0 Å². The highest BCUT2D eigenvalue weighted by Gasteiger charge is 2.35. The zero-order valence-corrected chi connectivity index (χ0v) is 38.4. The van der Waals surface area contributed by atoms with Crippen LogP contribution in [0.1, 0.15) is 96.8 Å². The lowest BCUT2D eigenvalue weighted by molar-refractivity contribution is -0.141. The fourth-order valence-corrected chi connectivity index (χ4v) is 5.86. The molecule has 0 aromatic heterocycles. The van der Waals surface area contributed by atoms with Crippen molar-refractivity contribution in [2.75, 3.05) is 26.3 Å². The van der Waals surface area contributed by atoms with Crippen LogP contribution < -0.4 is 42.5 Å². The van der Waals surface area contributed by atoms with E-state index in [1.165, 1.54) is 0 Å². The lowest BCUT2D eigenvalue weighted by Gasteiger charge is -2.27. The van der Waals surface area contributed by atoms with Gasteiger partial charge in [-0.1, -0.05) is 0 Å². The van der Waals surface area contributed by atoms with Crippen LogP contribution in [-0.2, 0) is 76.7 Å². The van der Waals surface area contributed by atoms with Gasteiger partial charge in [0.1, 0.15) is 42.8 Å². The average molecular weight is 1020 g/mol. The Morgan fingerprint density at radius 3 is 0.873 bits per heavy atom. The Bertz CT molecular complexity index is 1950. The van der Waals surface area contributed by atoms with Gasteiger partial charge in [-0.2, -0.15) is 0 Å². The topological polar surface area (TPSA) is 503 Å². The molecular formula is C40H60N8O23. The maximum atomic E-state index is 13.8. The summed E-state index contributed by atoms with van der Waals surface area (Å²) in [5, 5.41) is 81.9. The van der Waals surface area contributed by atoms with Crippen molar-refractivity contribution in [1.82, 2.24) is 42.5 Å². The molecule has 0 heterocycles. The van der Waals surface area contributed by atoms with E-state index in [1.54, 1.807) is 6.92 Å². The van der Waals surface area contributed by atoms with Crippen LogP contribution in [0.5, 0.6) is 0 Å². The molecule has 0 aliphatic carbocycles. The number of carboxylic acid groups (broad SMARTS) is 7. The number of rotatable bonds is 39. The van der Waals surface area contributed by atoms with Gasteiger partial charge < -0.3 is 83.0 Å². The lowest BCUT2D eigenvalue weighted by Crippen LogP contribution is -2.60. The predicted molar refractivity (Wildman–Crippen MR) is 232 cm³/mol. The summed E-state index contributed by atoms with van der Waals surface area (Å²) in [4.78, 5) is 185. The number of aliphatic carboxylic acids is 7. The number of carbonyl (C=O) groups excluding carboxylic acids is 8. The number of carboxylic acids is 7. The van der Waals surface area contributed by atoms with Crippen molar-refractivity contribution in [3.05, 3.63) is 0 Å². The van der Waals surface area contributed by atoms with E-state index in [-0.39, 0.29) is 19.6 Å². The standard InChI is InChI=1S/C40H60N8O23/c1-2-71-18-17-41-26(49)9-10-27(50)43-21(4-12-29(53)54)36(66)45-23(6-14-31(57)58)38(68)47-25(8-16-33(61)62)40(70)48-24(7-15-32(59)60)39(69)46-22(5-13-30(55)56)37(67)44-20(3-11-28(51)52)35(65)42-19-34(63)64/h20-25H,2-19H2,1H3,(H,41,49)(H,42,65)(H,43,50)(H,44,67)(H,45,66)(H,46,69)(H,47,68)(H,48,70)(H,51,52)(H,53,54)(H,55,56)(H,57,58)(H,59,60)(H,61,62)(H,63,64). The molecule has 0 aliphatic heterocycles. The van der Waals surface area contributed by atoms with Crippen LogP contribution in [-0.4, -0.2) is 187 Å². The summed E-state index contributed by atoms with van der Waals surface area (Å²) in [6.45, 7) is 1.45. The first-order valence-corrected chi connectivity index (χ1v) is 21.7. The summed E-state index contributed by atoms with van der Waals surface area (Å²) in [6, 6.07) is -11.3. The summed E-state index contributed by atoms with van der Waals surface area (Å²) >= 11 is 0. The third-order valence-corrected chi connectivity index (χ3v) is 9.46. The van der Waals surface area contributed by atoms with Crippen molar-refractivity contribution < 1.29 is 112 Å². The number of ether oxygens (including phenoxy) is 1. The van der Waals surface area contributed by atoms with Gasteiger partial charge in [0.25, 0.3) is 0 Å². The van der Waals surface area contributed by atoms with E-state index < -0.39 is 215 Å². The second kappa shape index (κ2) is 34.3. The maximum absolute atomic E-state index is 13.8. The van der Waals surface area contributed by atoms with Gasteiger partial charge in [-0.25, -0.2) is 0 Å². The van der Waals surface area contributed by atoms with Gasteiger partial charge in [-0.3, -0.25) is 71.9 Å². The maximum Gasteiger partial charge on any atom is 0.322 e. The zero-order valence-electron chi connectivity index (χ0n) is 38.4. The molecular weight excluding hydrogens is 960 g/mol. The minimum Gasteiger partial charge on any atom is -0.481 e. The number of hydrogen-bond donors (Lipinski definition) is 15. The highest BCUT2D eigenvalue weighted by atomic mass is 16.5. The summed E-state index contributed by atoms with van der Waals surface area (Å²) in [5.74, 6) is -19.9. The monoisotopic (exact) mass is 1020 g/mol. The molecule has 0 aliphatic rings. The van der Waals surface area contributed by atoms with E-state index in [0.717, 1.165) is 0 Å². The van der Waals surface area contributed by atoms with Gasteiger partial charge in [0.05, 0.1) is 6.61 Å². The average Bonchev–Trinajstić information content (AvgIpc) is 3.28. The molecule has 0 rings (SSSR count). The van der Waals surface area contributed by atoms with Crippen molar-refractivity contribution >= 4 is 89.0 Å². The molecule has 31 nitrogen and oxygen atoms in total. The number of carbonyl (C=O) groups is 15. The summed E-state index contributed by atoms with van der Waals surface area (Å²) in [7, 11) is 0. The molecule has 0 saturated carbocycles. The van der Waals surface area contributed by atoms with Crippen LogP contribution in [0.4, 0.5) is 0 Å². The largest absolute Gasteiger partial charge is 0.481 e. The Labute approximate surface area is 402 Å². The molecule has 6 atom stereocenters. The highest BCUT2D eigenvalue weighted by molar-refractivity contribution is 5.98. The molecule has 6 unspecified atom stereocenters. The molecule has 0 aromatic rings. The minimum atomic E-state index is -1.99. The molecule has 71 heavy (non-hydrogen) atoms. The third-order valence-electron chi connectivity index (χ3n) is 9.46. The second-order valence-electron chi connectivity index (χ2n) is 15.2. The molecule has 31 heteroatoms. The van der Waals surface area contributed by atoms with Crippen LogP contribution in [0, 0.1) is 0 Å². The van der Waals surface area contributed by atoms with Crippen LogP contribution in [0.3, 0.4) is 0 Å². The summed E-state index contributed by atoms with van der Waals surface area (Å²) < 4.78 is 5.09. The molecule has 8 amide bonds. The number of hydrogen-bond acceptors (Lipinski definition) is 16. The van der Waals surface area contributed by atoms with Crippen molar-refractivity contribution in [3.8, 4) is 0 Å². The minimum absolute atomic E-state index is 0.123. The molecule has 15 N–H and O–H groups in total.